The molecule has 3 atom stereocenters. The van der Waals surface area contributed by atoms with Crippen LogP contribution in [0.3, 0.4) is 0 Å². The second kappa shape index (κ2) is 6.48. The zero-order valence-electron chi connectivity index (χ0n) is 11.3. The average Bonchev–Trinajstić information content (AvgIpc) is 2.41. The molecule has 0 aliphatic heterocycles. The summed E-state index contributed by atoms with van der Waals surface area (Å²) in [6, 6.07) is 8.71. The summed E-state index contributed by atoms with van der Waals surface area (Å²) in [5, 5.41) is 3.66. The lowest BCUT2D eigenvalue weighted by atomic mass is 9.95. The molecule has 1 aliphatic carbocycles. The van der Waals surface area contributed by atoms with Crippen LogP contribution in [0.4, 0.5) is 0 Å². The van der Waals surface area contributed by atoms with Gasteiger partial charge in [-0.25, -0.2) is 0 Å². The molecule has 2 rings (SSSR count). The quantitative estimate of drug-likeness (QED) is 0.907. The largest absolute Gasteiger partial charge is 0.316 e. The van der Waals surface area contributed by atoms with Crippen LogP contribution in [0.5, 0.6) is 0 Å². The van der Waals surface area contributed by atoms with Crippen LogP contribution in [0.15, 0.2) is 24.3 Å². The molecule has 0 radical (unpaired) electrons. The van der Waals surface area contributed by atoms with Crippen molar-refractivity contribution < 1.29 is 4.21 Å². The van der Waals surface area contributed by atoms with Gasteiger partial charge in [0.1, 0.15) is 0 Å². The second-order valence-corrected chi connectivity index (χ2v) is 6.83. The van der Waals surface area contributed by atoms with Gasteiger partial charge in [0.25, 0.3) is 0 Å². The highest BCUT2D eigenvalue weighted by Crippen LogP contribution is 2.25. The Bertz CT molecular complexity index is 419. The summed E-state index contributed by atoms with van der Waals surface area (Å²) < 4.78 is 12.6. The van der Waals surface area contributed by atoms with Gasteiger partial charge >= 0.3 is 0 Å². The van der Waals surface area contributed by atoms with Crippen LogP contribution in [0, 0.1) is 6.92 Å². The smallest absolute Gasteiger partial charge is 0.0504 e. The standard InChI is InChI=1S/C15H23NOS/c1-12-7-3-4-8-13(12)11-18(17)15-10-6-5-9-14(15)16-2/h3-4,7-8,14-16H,5-6,9-11H2,1-2H3. The van der Waals surface area contributed by atoms with Gasteiger partial charge in [-0.2, -0.15) is 0 Å². The summed E-state index contributed by atoms with van der Waals surface area (Å²) >= 11 is 0. The fraction of sp³-hybridized carbons (Fsp3) is 0.600. The van der Waals surface area contributed by atoms with Crippen molar-refractivity contribution in [3.63, 3.8) is 0 Å². The fourth-order valence-corrected chi connectivity index (χ4v) is 4.69. The molecule has 18 heavy (non-hydrogen) atoms. The molecule has 3 heteroatoms. The second-order valence-electron chi connectivity index (χ2n) is 5.17. The lowest BCUT2D eigenvalue weighted by molar-refractivity contribution is 0.399. The highest BCUT2D eigenvalue weighted by atomic mass is 32.2. The molecule has 1 saturated carbocycles. The summed E-state index contributed by atoms with van der Waals surface area (Å²) in [6.07, 6.45) is 4.76. The minimum absolute atomic E-state index is 0.323. The van der Waals surface area contributed by atoms with Crippen molar-refractivity contribution in [1.82, 2.24) is 5.32 Å². The van der Waals surface area contributed by atoms with E-state index < -0.39 is 10.8 Å². The van der Waals surface area contributed by atoms with Crippen LogP contribution in [-0.2, 0) is 16.6 Å². The molecule has 0 saturated heterocycles. The third kappa shape index (κ3) is 3.21. The summed E-state index contributed by atoms with van der Waals surface area (Å²) in [6.45, 7) is 2.10. The van der Waals surface area contributed by atoms with Crippen molar-refractivity contribution in [3.05, 3.63) is 35.4 Å². The molecular weight excluding hydrogens is 242 g/mol. The van der Waals surface area contributed by atoms with Gasteiger partial charge in [0.05, 0.1) is 5.25 Å². The first-order chi connectivity index (χ1) is 8.72. The Morgan fingerprint density at radius 1 is 1.28 bits per heavy atom. The molecule has 0 spiro atoms. The maximum atomic E-state index is 12.6. The highest BCUT2D eigenvalue weighted by Gasteiger charge is 2.28. The normalized spacial score (nSPS) is 25.9. The molecule has 1 fully saturated rings. The number of hydrogen-bond acceptors (Lipinski definition) is 2. The van der Waals surface area contributed by atoms with Crippen molar-refractivity contribution >= 4 is 10.8 Å². The van der Waals surface area contributed by atoms with Crippen LogP contribution in [0.2, 0.25) is 0 Å². The van der Waals surface area contributed by atoms with E-state index >= 15 is 0 Å². The molecule has 100 valence electrons. The number of benzene rings is 1. The minimum atomic E-state index is -0.760. The van der Waals surface area contributed by atoms with Crippen molar-refractivity contribution in [1.29, 1.82) is 0 Å². The van der Waals surface area contributed by atoms with Crippen LogP contribution >= 0.6 is 0 Å². The summed E-state index contributed by atoms with van der Waals surface area (Å²) in [4.78, 5) is 0. The Morgan fingerprint density at radius 3 is 2.72 bits per heavy atom. The molecule has 1 aromatic carbocycles. The molecule has 0 aromatic heterocycles. The van der Waals surface area contributed by atoms with E-state index in [1.54, 1.807) is 0 Å². The van der Waals surface area contributed by atoms with E-state index in [-0.39, 0.29) is 0 Å². The van der Waals surface area contributed by atoms with Crippen molar-refractivity contribution in [2.24, 2.45) is 0 Å². The molecule has 1 aromatic rings. The monoisotopic (exact) mass is 265 g/mol. The van der Waals surface area contributed by atoms with Gasteiger partial charge in [0, 0.05) is 22.6 Å². The fourth-order valence-electron chi connectivity index (χ4n) is 2.77. The van der Waals surface area contributed by atoms with Crippen molar-refractivity contribution in [2.75, 3.05) is 7.05 Å². The summed E-state index contributed by atoms with van der Waals surface area (Å²) in [5.74, 6) is 0.704. The lowest BCUT2D eigenvalue weighted by Gasteiger charge is -2.30. The first-order valence-corrected chi connectivity index (χ1v) is 8.19. The molecule has 0 heterocycles. The van der Waals surface area contributed by atoms with E-state index in [2.05, 4.69) is 24.4 Å². The highest BCUT2D eigenvalue weighted by molar-refractivity contribution is 7.84. The van der Waals surface area contributed by atoms with Crippen molar-refractivity contribution in [3.8, 4) is 0 Å². The average molecular weight is 265 g/mol. The van der Waals surface area contributed by atoms with Gasteiger partial charge in [-0.3, -0.25) is 4.21 Å². The summed E-state index contributed by atoms with van der Waals surface area (Å²) in [7, 11) is 1.23. The lowest BCUT2D eigenvalue weighted by Crippen LogP contribution is -2.42. The van der Waals surface area contributed by atoms with Crippen LogP contribution < -0.4 is 5.32 Å². The Morgan fingerprint density at radius 2 is 2.00 bits per heavy atom. The first-order valence-electron chi connectivity index (χ1n) is 6.81. The first kappa shape index (κ1) is 13.8. The predicted octanol–water partition coefficient (Wildman–Crippen LogP) is 2.77. The zero-order valence-corrected chi connectivity index (χ0v) is 12.1. The van der Waals surface area contributed by atoms with Gasteiger partial charge in [0.2, 0.25) is 0 Å². The van der Waals surface area contributed by atoms with Gasteiger partial charge in [-0.05, 0) is 37.9 Å². The van der Waals surface area contributed by atoms with E-state index in [4.69, 9.17) is 0 Å². The maximum Gasteiger partial charge on any atom is 0.0504 e. The van der Waals surface area contributed by atoms with Gasteiger partial charge in [-0.1, -0.05) is 37.1 Å². The maximum absolute atomic E-state index is 12.6. The molecule has 1 aliphatic rings. The van der Waals surface area contributed by atoms with Gasteiger partial charge < -0.3 is 5.32 Å². The van der Waals surface area contributed by atoms with Crippen LogP contribution in [-0.4, -0.2) is 22.5 Å². The number of rotatable bonds is 4. The van der Waals surface area contributed by atoms with E-state index in [0.717, 1.165) is 6.42 Å². The SMILES string of the molecule is CNC1CCCCC1S(=O)Cc1ccccc1C. The topological polar surface area (TPSA) is 29.1 Å². The molecule has 1 N–H and O–H groups in total. The molecule has 0 bridgehead atoms. The summed E-state index contributed by atoms with van der Waals surface area (Å²) in [5.41, 5.74) is 2.49. The van der Waals surface area contributed by atoms with Crippen LogP contribution in [0.25, 0.3) is 0 Å². The third-order valence-corrected chi connectivity index (χ3v) is 5.81. The van der Waals surface area contributed by atoms with E-state index in [9.17, 15) is 4.21 Å². The molecule has 0 amide bonds. The van der Waals surface area contributed by atoms with Crippen LogP contribution in [0.1, 0.15) is 36.8 Å². The van der Waals surface area contributed by atoms with Crippen molar-refractivity contribution in [2.45, 2.75) is 49.7 Å². The zero-order chi connectivity index (χ0) is 13.0. The Labute approximate surface area is 113 Å². The van der Waals surface area contributed by atoms with Gasteiger partial charge in [-0.15, -0.1) is 0 Å². The minimum Gasteiger partial charge on any atom is -0.316 e. The number of aryl methyl sites for hydroxylation is 1. The Kier molecular flexibility index (Phi) is 4.95. The van der Waals surface area contributed by atoms with Gasteiger partial charge in [0.15, 0.2) is 0 Å². The molecule has 3 unspecified atom stereocenters. The molecule has 2 nitrogen and oxygen atoms in total. The number of nitrogens with one attached hydrogen (secondary N) is 1. The van der Waals surface area contributed by atoms with E-state index in [1.807, 2.05) is 19.2 Å². The number of hydrogen-bond donors (Lipinski definition) is 1. The van der Waals surface area contributed by atoms with E-state index in [1.165, 1.54) is 30.4 Å². The Hall–Kier alpha value is -0.670. The third-order valence-electron chi connectivity index (χ3n) is 3.97. The Balaban J connectivity index is 2.05. The predicted molar refractivity (Wildman–Crippen MR) is 78.1 cm³/mol. The van der Waals surface area contributed by atoms with E-state index in [0.29, 0.717) is 17.0 Å². The molecular formula is C15H23NOS.